The summed E-state index contributed by atoms with van der Waals surface area (Å²) in [5.41, 5.74) is 5.01. The van der Waals surface area contributed by atoms with Crippen molar-refractivity contribution in [1.82, 2.24) is 9.71 Å². The van der Waals surface area contributed by atoms with Crippen LogP contribution in [0.25, 0.3) is 0 Å². The molecule has 0 amide bonds. The summed E-state index contributed by atoms with van der Waals surface area (Å²) in [6.07, 6.45) is 2.81. The first-order chi connectivity index (χ1) is 10.1. The van der Waals surface area contributed by atoms with E-state index in [1.54, 1.807) is 12.1 Å². The highest BCUT2D eigenvalue weighted by Gasteiger charge is 2.28. The number of hydrogen-bond donors (Lipinski definition) is 3. The van der Waals surface area contributed by atoms with Gasteiger partial charge in [0.15, 0.2) is 5.03 Å². The number of nitrogens with two attached hydrogens (primary N) is 1. The molecule has 0 aliphatic heterocycles. The van der Waals surface area contributed by atoms with Crippen molar-refractivity contribution in [2.24, 2.45) is 5.84 Å². The van der Waals surface area contributed by atoms with Crippen molar-refractivity contribution in [1.29, 1.82) is 0 Å². The summed E-state index contributed by atoms with van der Waals surface area (Å²) in [6, 6.07) is 11.0. The van der Waals surface area contributed by atoms with Gasteiger partial charge in [0, 0.05) is 12.2 Å². The second-order valence-electron chi connectivity index (χ2n) is 5.00. The molecule has 1 heterocycles. The quantitative estimate of drug-likeness (QED) is 0.574. The monoisotopic (exact) mass is 304 g/mol. The molecule has 110 valence electrons. The van der Waals surface area contributed by atoms with E-state index in [0.717, 1.165) is 0 Å². The molecule has 1 aromatic carbocycles. The van der Waals surface area contributed by atoms with Crippen molar-refractivity contribution in [3.05, 3.63) is 53.7 Å². The number of nitrogens with one attached hydrogen (secondary N) is 2. The van der Waals surface area contributed by atoms with Gasteiger partial charge in [0.05, 0.1) is 5.69 Å². The molecule has 3 rings (SSSR count). The fourth-order valence-electron chi connectivity index (χ4n) is 2.63. The highest BCUT2D eigenvalue weighted by molar-refractivity contribution is 7.89. The van der Waals surface area contributed by atoms with Crippen LogP contribution >= 0.6 is 0 Å². The van der Waals surface area contributed by atoms with Gasteiger partial charge in [-0.2, -0.15) is 0 Å². The number of anilines is 1. The van der Waals surface area contributed by atoms with Crippen LogP contribution in [0.2, 0.25) is 0 Å². The Hall–Kier alpha value is -1.96. The zero-order chi connectivity index (χ0) is 14.9. The average molecular weight is 304 g/mol. The molecule has 21 heavy (non-hydrogen) atoms. The van der Waals surface area contributed by atoms with Gasteiger partial charge in [-0.25, -0.2) is 18.1 Å². The highest BCUT2D eigenvalue weighted by Crippen LogP contribution is 2.24. The van der Waals surface area contributed by atoms with E-state index in [1.165, 1.54) is 17.3 Å². The Balaban J connectivity index is 1.82. The lowest BCUT2D eigenvalue weighted by atomic mass is 10.1. The Labute approximate surface area is 123 Å². The average Bonchev–Trinajstić information content (AvgIpc) is 2.88. The molecular weight excluding hydrogens is 288 g/mol. The molecule has 0 bridgehead atoms. The van der Waals surface area contributed by atoms with Gasteiger partial charge in [0.1, 0.15) is 0 Å². The first-order valence-corrected chi connectivity index (χ1v) is 8.09. The SMILES string of the molecule is NNc1cccnc1S(=O)(=O)NC1Cc2ccccc2C1. The predicted octanol–water partition coefficient (Wildman–Crippen LogP) is 0.813. The van der Waals surface area contributed by atoms with Crippen molar-refractivity contribution in [3.63, 3.8) is 0 Å². The topological polar surface area (TPSA) is 97.1 Å². The molecule has 0 unspecified atom stereocenters. The number of aromatic nitrogens is 1. The Morgan fingerprint density at radius 3 is 2.38 bits per heavy atom. The molecule has 0 spiro atoms. The van der Waals surface area contributed by atoms with Crippen LogP contribution in [0, 0.1) is 0 Å². The van der Waals surface area contributed by atoms with E-state index in [4.69, 9.17) is 5.84 Å². The first kappa shape index (κ1) is 14.0. The van der Waals surface area contributed by atoms with Crippen LogP contribution in [-0.2, 0) is 22.9 Å². The molecule has 1 aromatic heterocycles. The summed E-state index contributed by atoms with van der Waals surface area (Å²) in [7, 11) is -3.71. The minimum Gasteiger partial charge on any atom is -0.321 e. The number of nitrogen functional groups attached to an aromatic ring is 1. The second-order valence-corrected chi connectivity index (χ2v) is 6.62. The van der Waals surface area contributed by atoms with Crippen molar-refractivity contribution in [3.8, 4) is 0 Å². The van der Waals surface area contributed by atoms with E-state index in [9.17, 15) is 8.42 Å². The Kier molecular flexibility index (Phi) is 3.62. The first-order valence-electron chi connectivity index (χ1n) is 6.61. The number of pyridine rings is 1. The molecule has 1 aliphatic carbocycles. The van der Waals surface area contributed by atoms with E-state index < -0.39 is 10.0 Å². The normalized spacial score (nSPS) is 14.9. The maximum atomic E-state index is 12.4. The van der Waals surface area contributed by atoms with Crippen LogP contribution in [0.1, 0.15) is 11.1 Å². The molecule has 0 saturated carbocycles. The van der Waals surface area contributed by atoms with Gasteiger partial charge in [-0.1, -0.05) is 24.3 Å². The van der Waals surface area contributed by atoms with E-state index >= 15 is 0 Å². The molecule has 0 saturated heterocycles. The fourth-order valence-corrected chi connectivity index (χ4v) is 3.97. The second kappa shape index (κ2) is 5.44. The van der Waals surface area contributed by atoms with E-state index in [1.807, 2.05) is 24.3 Å². The third-order valence-electron chi connectivity index (χ3n) is 3.55. The standard InChI is InChI=1S/C14H16N4O2S/c15-17-13-6-3-7-16-14(13)21(19,20)18-12-8-10-4-1-2-5-11(10)9-12/h1-7,12,17-18H,8-9,15H2. The molecule has 2 aromatic rings. The zero-order valence-corrected chi connectivity index (χ0v) is 12.1. The molecule has 0 fully saturated rings. The van der Waals surface area contributed by atoms with Crippen molar-refractivity contribution in [2.75, 3.05) is 5.43 Å². The summed E-state index contributed by atoms with van der Waals surface area (Å²) in [4.78, 5) is 3.92. The Morgan fingerprint density at radius 2 is 1.76 bits per heavy atom. The minimum absolute atomic E-state index is 0.0801. The van der Waals surface area contributed by atoms with Crippen LogP contribution in [0.3, 0.4) is 0 Å². The highest BCUT2D eigenvalue weighted by atomic mass is 32.2. The van der Waals surface area contributed by atoms with E-state index in [0.29, 0.717) is 12.8 Å². The number of hydrazine groups is 1. The molecule has 1 aliphatic rings. The lowest BCUT2D eigenvalue weighted by molar-refractivity contribution is 0.552. The molecule has 0 atom stereocenters. The molecule has 0 radical (unpaired) electrons. The van der Waals surface area contributed by atoms with Gasteiger partial charge in [-0.3, -0.25) is 5.84 Å². The maximum Gasteiger partial charge on any atom is 0.260 e. The largest absolute Gasteiger partial charge is 0.321 e. The van der Waals surface area contributed by atoms with Crippen LogP contribution in [-0.4, -0.2) is 19.4 Å². The molecule has 7 heteroatoms. The summed E-state index contributed by atoms with van der Waals surface area (Å²) >= 11 is 0. The number of sulfonamides is 1. The Bertz CT molecular complexity index is 736. The van der Waals surface area contributed by atoms with Crippen LogP contribution in [0.5, 0.6) is 0 Å². The lowest BCUT2D eigenvalue weighted by Crippen LogP contribution is -2.36. The third kappa shape index (κ3) is 2.76. The fraction of sp³-hybridized carbons (Fsp3) is 0.214. The summed E-state index contributed by atoms with van der Waals surface area (Å²) in [5, 5.41) is -0.0801. The smallest absolute Gasteiger partial charge is 0.260 e. The number of fused-ring (bicyclic) bond motifs is 1. The number of hydrogen-bond acceptors (Lipinski definition) is 5. The predicted molar refractivity (Wildman–Crippen MR) is 80.0 cm³/mol. The van der Waals surface area contributed by atoms with Crippen LogP contribution < -0.4 is 16.0 Å². The van der Waals surface area contributed by atoms with Crippen molar-refractivity contribution < 1.29 is 8.42 Å². The summed E-state index contributed by atoms with van der Waals surface area (Å²) in [5.74, 6) is 5.34. The molecule has 4 N–H and O–H groups in total. The molecular formula is C14H16N4O2S. The minimum atomic E-state index is -3.71. The van der Waals surface area contributed by atoms with Crippen molar-refractivity contribution >= 4 is 15.7 Å². The number of benzene rings is 1. The van der Waals surface area contributed by atoms with Gasteiger partial charge in [-0.15, -0.1) is 0 Å². The van der Waals surface area contributed by atoms with Gasteiger partial charge in [-0.05, 0) is 36.1 Å². The van der Waals surface area contributed by atoms with Gasteiger partial charge >= 0.3 is 0 Å². The van der Waals surface area contributed by atoms with Crippen LogP contribution in [0.4, 0.5) is 5.69 Å². The Morgan fingerprint density at radius 1 is 1.10 bits per heavy atom. The lowest BCUT2D eigenvalue weighted by Gasteiger charge is -2.14. The van der Waals surface area contributed by atoms with Gasteiger partial charge < -0.3 is 5.43 Å². The summed E-state index contributed by atoms with van der Waals surface area (Å²) < 4.78 is 27.6. The van der Waals surface area contributed by atoms with E-state index in [2.05, 4.69) is 15.1 Å². The summed E-state index contributed by atoms with van der Waals surface area (Å²) in [6.45, 7) is 0. The van der Waals surface area contributed by atoms with Crippen LogP contribution in [0.15, 0.2) is 47.6 Å². The van der Waals surface area contributed by atoms with Crippen molar-refractivity contribution in [2.45, 2.75) is 23.9 Å². The van der Waals surface area contributed by atoms with Gasteiger partial charge in [0.2, 0.25) is 0 Å². The molecule has 6 nitrogen and oxygen atoms in total. The third-order valence-corrected chi connectivity index (χ3v) is 5.03. The van der Waals surface area contributed by atoms with Gasteiger partial charge in [0.25, 0.3) is 10.0 Å². The zero-order valence-electron chi connectivity index (χ0n) is 11.3. The number of rotatable bonds is 4. The number of nitrogens with zero attached hydrogens (tertiary/aromatic N) is 1. The maximum absolute atomic E-state index is 12.4. The van der Waals surface area contributed by atoms with E-state index in [-0.39, 0.29) is 16.8 Å².